The molecule has 4 heterocycles. The number of piperidine rings is 2. The zero-order valence-electron chi connectivity index (χ0n) is 64.3. The monoisotopic (exact) mass is 1520 g/mol. The molecule has 31 heteroatoms. The summed E-state index contributed by atoms with van der Waals surface area (Å²) < 4.78 is 72.2. The van der Waals surface area contributed by atoms with Crippen LogP contribution in [0.2, 0.25) is 5.02 Å². The van der Waals surface area contributed by atoms with Gasteiger partial charge in [-0.2, -0.15) is 13.2 Å². The number of benzene rings is 1. The molecule has 4 saturated heterocycles. The number of hydrogen-bond acceptors (Lipinski definition) is 13. The number of rotatable bonds is 13. The first-order valence-corrected chi connectivity index (χ1v) is 38.4. The van der Waals surface area contributed by atoms with Crippen molar-refractivity contribution in [2.24, 2.45) is 17.8 Å². The first kappa shape index (κ1) is 86.0. The number of carbonyl (C=O) groups is 12. The number of nitrogens with zero attached hydrogens (tertiary/aromatic N) is 10. The number of nitrogens with one attached hydrogen (secondary N) is 3. The number of fused-ring (bicyclic) bond motifs is 1. The van der Waals surface area contributed by atoms with Crippen molar-refractivity contribution in [1.82, 2.24) is 64.9 Å². The molecule has 10 atom stereocenters. The number of alkyl halides is 5. The van der Waals surface area contributed by atoms with E-state index < -0.39 is 179 Å². The molecular formula is C75H115ClF5N13O12. The number of halogens is 6. The van der Waals surface area contributed by atoms with Crippen LogP contribution in [0.4, 0.5) is 22.0 Å². The summed E-state index contributed by atoms with van der Waals surface area (Å²) in [6, 6.07) is -8.51. The van der Waals surface area contributed by atoms with Crippen LogP contribution in [0, 0.1) is 17.8 Å². The first-order chi connectivity index (χ1) is 49.7. The lowest BCUT2D eigenvalue weighted by Crippen LogP contribution is -2.65. The molecular weight excluding hydrogens is 1410 g/mol. The van der Waals surface area contributed by atoms with Gasteiger partial charge < -0.3 is 60.0 Å². The predicted octanol–water partition coefficient (Wildman–Crippen LogP) is 6.35. The van der Waals surface area contributed by atoms with Crippen LogP contribution in [0.3, 0.4) is 0 Å². The van der Waals surface area contributed by atoms with Gasteiger partial charge >= 0.3 is 6.18 Å². The van der Waals surface area contributed by atoms with Crippen molar-refractivity contribution in [3.05, 3.63) is 34.3 Å². The van der Waals surface area contributed by atoms with Crippen molar-refractivity contribution < 1.29 is 79.5 Å². The Bertz CT molecular complexity index is 3330. The second kappa shape index (κ2) is 37.2. The van der Waals surface area contributed by atoms with E-state index in [1.807, 2.05) is 6.92 Å². The van der Waals surface area contributed by atoms with Gasteiger partial charge in [0, 0.05) is 101 Å². The number of hydrogen-bond donors (Lipinski definition) is 3. The van der Waals surface area contributed by atoms with Gasteiger partial charge in [0.05, 0.1) is 23.7 Å². The highest BCUT2D eigenvalue weighted by molar-refractivity contribution is 6.31. The van der Waals surface area contributed by atoms with Crippen molar-refractivity contribution >= 4 is 82.5 Å². The molecule has 3 N–H and O–H groups in total. The second-order valence-corrected chi connectivity index (χ2v) is 31.6. The van der Waals surface area contributed by atoms with E-state index >= 15 is 32.8 Å². The minimum atomic E-state index is -4.82. The van der Waals surface area contributed by atoms with Gasteiger partial charge in [-0.3, -0.25) is 62.4 Å². The molecule has 0 bridgehead atoms. The third-order valence-corrected chi connectivity index (χ3v) is 23.7. The third-order valence-electron chi connectivity index (χ3n) is 23.4. The molecule has 1 spiro atoms. The maximum Gasteiger partial charge on any atom is 0.417 e. The Balaban J connectivity index is 1.31. The minimum Gasteiger partial charge on any atom is -0.343 e. The molecule has 6 fully saturated rings. The highest BCUT2D eigenvalue weighted by atomic mass is 35.5. The number of likely N-dealkylation sites (N-methyl/N-ethyl adjacent to an activating group) is 7. The standard InChI is InChI=1S/C75H115ClF5N13O12/c1-14-47(4)62-70(104)87(9)49(6)66(100)94-39-31-57(94)69(103)90(12)58(41-50-24-17-15-18-25-50)68(102)85(7)44-59(95)82-55(29-27-51-26-28-53(54(76)40-51)75(79,80)81)67(101)89(11)56(30-38-92-35-23-34-74(77,78)45-92)65(99)84-73(32-19-20-33-73)72(106)91(13)63(46(2)3)71(105)88(10)52(43-61(97)93-36-21-16-22-37-93)42-60(96)86(8)48(5)64(98)83-62/h26,28,40,46-50,52,55-58,62-63H,14-25,27,29-39,41-45H2,1-13H3,(H,82,95)(H,83,98)(H,84,99)/t47-,48-,49-,52-,55-,56-,57-,58-,62-,63-/m0/s1. The van der Waals surface area contributed by atoms with E-state index in [0.717, 1.165) is 84.3 Å². The van der Waals surface area contributed by atoms with Gasteiger partial charge in [0.1, 0.15) is 53.9 Å². The smallest absolute Gasteiger partial charge is 0.343 e. The van der Waals surface area contributed by atoms with Crippen LogP contribution in [0.1, 0.15) is 188 Å². The molecule has 0 radical (unpaired) electrons. The Kier molecular flexibility index (Phi) is 30.2. The summed E-state index contributed by atoms with van der Waals surface area (Å²) in [6.07, 6.45) is 1.55. The average molecular weight is 1520 g/mol. The SMILES string of the molecule is CC[C@H](C)[C@@H]1NC(=O)[C@H](C)N(C)C(=O)C[C@@H](CC(=O)N2CCCCC2)N(C)C(=O)[C@H](C(C)C)N(C)C(=O)C2(CCCC2)NC(=O)[C@H](CCN2CCCC(F)(F)C2)N(C)C(=O)[C@H](CCc2ccc(C(F)(F)F)c(Cl)c2)NC(=O)CN(C)C(=O)[C@H](CC2CCCCC2)N(C)C(=O)[C@@H]2CCN2C(=O)[C@H](C)N(C)C1=O. The summed E-state index contributed by atoms with van der Waals surface area (Å²) in [5, 5.41) is 7.89. The molecule has 594 valence electrons. The van der Waals surface area contributed by atoms with E-state index in [2.05, 4.69) is 16.0 Å². The fourth-order valence-corrected chi connectivity index (χ4v) is 16.3. The van der Waals surface area contributed by atoms with Crippen molar-refractivity contribution in [3.63, 3.8) is 0 Å². The Morgan fingerprint density at radius 2 is 1.27 bits per heavy atom. The van der Waals surface area contributed by atoms with Crippen molar-refractivity contribution in [1.29, 1.82) is 0 Å². The quantitative estimate of drug-likeness (QED) is 0.182. The van der Waals surface area contributed by atoms with Gasteiger partial charge in [0.2, 0.25) is 70.9 Å². The van der Waals surface area contributed by atoms with E-state index in [1.54, 1.807) is 25.7 Å². The van der Waals surface area contributed by atoms with Crippen LogP contribution in [0.5, 0.6) is 0 Å². The molecule has 0 unspecified atom stereocenters. The largest absolute Gasteiger partial charge is 0.417 e. The lowest BCUT2D eigenvalue weighted by atomic mass is 9.84. The zero-order valence-corrected chi connectivity index (χ0v) is 65.1. The van der Waals surface area contributed by atoms with Gasteiger partial charge in [0.15, 0.2) is 0 Å². The Morgan fingerprint density at radius 3 is 1.86 bits per heavy atom. The van der Waals surface area contributed by atoms with Gasteiger partial charge in [-0.15, -0.1) is 0 Å². The summed E-state index contributed by atoms with van der Waals surface area (Å²) in [5.74, 6) is -12.5. The van der Waals surface area contributed by atoms with Crippen molar-refractivity contribution in [2.45, 2.75) is 255 Å². The zero-order chi connectivity index (χ0) is 78.6. The summed E-state index contributed by atoms with van der Waals surface area (Å²) in [6.45, 7) is 9.62. The molecule has 6 aliphatic rings. The van der Waals surface area contributed by atoms with Crippen LogP contribution in [0.25, 0.3) is 0 Å². The lowest BCUT2D eigenvalue weighted by molar-refractivity contribution is -0.160. The van der Waals surface area contributed by atoms with Crippen molar-refractivity contribution in [3.8, 4) is 0 Å². The maximum absolute atomic E-state index is 15.7. The first-order valence-electron chi connectivity index (χ1n) is 38.0. The van der Waals surface area contributed by atoms with Crippen LogP contribution in [0.15, 0.2) is 18.2 Å². The van der Waals surface area contributed by atoms with Crippen LogP contribution in [-0.4, -0.2) is 281 Å². The summed E-state index contributed by atoms with van der Waals surface area (Å²) >= 11 is 6.18. The Hall–Kier alpha value is -7.24. The van der Waals surface area contributed by atoms with Crippen LogP contribution >= 0.6 is 11.6 Å². The molecule has 12 amide bonds. The fraction of sp³-hybridized carbons (Fsp3) is 0.760. The van der Waals surface area contributed by atoms with E-state index in [4.69, 9.17) is 11.6 Å². The summed E-state index contributed by atoms with van der Waals surface area (Å²) in [7, 11) is 9.68. The van der Waals surface area contributed by atoms with Gasteiger partial charge in [0.25, 0.3) is 5.92 Å². The predicted molar refractivity (Wildman–Crippen MR) is 387 cm³/mol. The van der Waals surface area contributed by atoms with E-state index in [-0.39, 0.29) is 101 Å². The molecule has 7 rings (SSSR count). The number of aryl methyl sites for hydroxylation is 1. The van der Waals surface area contributed by atoms with E-state index in [9.17, 15) is 46.7 Å². The third kappa shape index (κ3) is 21.2. The summed E-state index contributed by atoms with van der Waals surface area (Å²) in [4.78, 5) is 192. The lowest BCUT2D eigenvalue weighted by Gasteiger charge is -2.45. The normalized spacial score (nSPS) is 27.9. The van der Waals surface area contributed by atoms with Gasteiger partial charge in [-0.25, -0.2) is 8.78 Å². The number of carbonyl (C=O) groups excluding carboxylic acids is 12. The maximum atomic E-state index is 15.7. The van der Waals surface area contributed by atoms with Crippen LogP contribution in [-0.2, 0) is 70.1 Å². The number of likely N-dealkylation sites (tertiary alicyclic amines) is 2. The Labute approximate surface area is 626 Å². The average Bonchev–Trinajstić information content (AvgIpc) is 1.18. The van der Waals surface area contributed by atoms with E-state index in [1.165, 1.54) is 92.6 Å². The van der Waals surface area contributed by atoms with E-state index in [0.29, 0.717) is 32.4 Å². The molecule has 1 aromatic rings. The minimum absolute atomic E-state index is 0.0234. The van der Waals surface area contributed by atoms with Crippen molar-refractivity contribution in [2.75, 3.05) is 95.1 Å². The van der Waals surface area contributed by atoms with Crippen LogP contribution < -0.4 is 16.0 Å². The summed E-state index contributed by atoms with van der Waals surface area (Å²) in [5.41, 5.74) is -2.64. The molecule has 2 aliphatic carbocycles. The molecule has 1 aromatic carbocycles. The fourth-order valence-electron chi connectivity index (χ4n) is 16.0. The van der Waals surface area contributed by atoms with Gasteiger partial charge in [-0.1, -0.05) is 96.7 Å². The highest BCUT2D eigenvalue weighted by Crippen LogP contribution is 2.38. The molecule has 106 heavy (non-hydrogen) atoms. The van der Waals surface area contributed by atoms with Gasteiger partial charge in [-0.05, 0) is 126 Å². The second-order valence-electron chi connectivity index (χ2n) is 31.2. The molecule has 25 nitrogen and oxygen atoms in total. The Morgan fingerprint density at radius 1 is 0.642 bits per heavy atom. The molecule has 0 aromatic heterocycles. The number of amides is 12. The highest BCUT2D eigenvalue weighted by Gasteiger charge is 2.51. The molecule has 2 saturated carbocycles. The topological polar surface area (TPSA) is 273 Å². The molecule has 4 aliphatic heterocycles.